The van der Waals surface area contributed by atoms with E-state index in [2.05, 4.69) is 16.4 Å². The molecule has 1 saturated heterocycles. The second-order valence-electron chi connectivity index (χ2n) is 6.89. The molecule has 148 valence electrons. The first-order chi connectivity index (χ1) is 13.4. The third-order valence-corrected chi connectivity index (χ3v) is 7.05. The van der Waals surface area contributed by atoms with E-state index >= 15 is 0 Å². The number of hydrogen-bond acceptors (Lipinski definition) is 7. The predicted molar refractivity (Wildman–Crippen MR) is 111 cm³/mol. The Morgan fingerprint density at radius 1 is 1.14 bits per heavy atom. The van der Waals surface area contributed by atoms with Crippen LogP contribution in [0.2, 0.25) is 5.02 Å². The molecule has 1 fully saturated rings. The number of ether oxygens (including phenoxy) is 1. The Bertz CT molecular complexity index is 946. The number of thiazole rings is 1. The van der Waals surface area contributed by atoms with Gasteiger partial charge in [-0.25, -0.2) is 4.98 Å². The van der Waals surface area contributed by atoms with Crippen LogP contribution in [0.25, 0.3) is 10.4 Å². The van der Waals surface area contributed by atoms with E-state index in [0.29, 0.717) is 17.0 Å². The van der Waals surface area contributed by atoms with Crippen LogP contribution in [0, 0.1) is 0 Å². The molecule has 4 rings (SSSR count). The highest BCUT2D eigenvalue weighted by molar-refractivity contribution is 7.15. The quantitative estimate of drug-likeness (QED) is 0.580. The number of benzene rings is 1. The van der Waals surface area contributed by atoms with Crippen molar-refractivity contribution < 1.29 is 20.1 Å². The van der Waals surface area contributed by atoms with Gasteiger partial charge in [-0.2, -0.15) is 11.3 Å². The summed E-state index contributed by atoms with van der Waals surface area (Å²) in [6, 6.07) is 7.48. The Morgan fingerprint density at radius 2 is 1.96 bits per heavy atom. The molecular weight excluding hydrogens is 418 g/mol. The molecule has 0 radical (unpaired) electrons. The normalized spacial score (nSPS) is 27.8. The fraction of sp³-hybridized carbons (Fsp3) is 0.350. The summed E-state index contributed by atoms with van der Waals surface area (Å²) in [7, 11) is 0. The standard InChI is InChI=1S/C20H20ClNO4S2/c1-10-17(23)18(24)19(25)20(26-10)11-2-3-14(21)13(6-11)7-16-22-8-15(28-16)12-4-5-27-9-12/h2-6,8-10,17-20,23-25H,7H2,1H3/t10-,17-,18-,19-,20+/m1/s1. The monoisotopic (exact) mass is 437 g/mol. The van der Waals surface area contributed by atoms with E-state index in [1.165, 1.54) is 0 Å². The molecule has 28 heavy (non-hydrogen) atoms. The molecule has 3 heterocycles. The summed E-state index contributed by atoms with van der Waals surface area (Å²) in [6.45, 7) is 1.67. The molecule has 0 unspecified atom stereocenters. The van der Waals surface area contributed by atoms with Crippen LogP contribution in [0.1, 0.15) is 29.2 Å². The van der Waals surface area contributed by atoms with Crippen LogP contribution < -0.4 is 0 Å². The lowest BCUT2D eigenvalue weighted by atomic mass is 9.91. The number of halogens is 1. The molecule has 3 N–H and O–H groups in total. The number of aliphatic hydroxyl groups excluding tert-OH is 3. The fourth-order valence-corrected chi connectivity index (χ4v) is 5.18. The predicted octanol–water partition coefficient (Wildman–Crippen LogP) is 3.66. The molecule has 0 saturated carbocycles. The average molecular weight is 438 g/mol. The number of aliphatic hydroxyl groups is 3. The molecule has 8 heteroatoms. The van der Waals surface area contributed by atoms with Crippen LogP contribution in [-0.4, -0.2) is 44.7 Å². The van der Waals surface area contributed by atoms with E-state index in [-0.39, 0.29) is 0 Å². The topological polar surface area (TPSA) is 82.8 Å². The Morgan fingerprint density at radius 3 is 2.71 bits per heavy atom. The highest BCUT2D eigenvalue weighted by atomic mass is 35.5. The van der Waals surface area contributed by atoms with Crippen molar-refractivity contribution >= 4 is 34.3 Å². The third-order valence-electron chi connectivity index (χ3n) is 4.95. The minimum atomic E-state index is -1.26. The molecule has 0 spiro atoms. The summed E-state index contributed by atoms with van der Waals surface area (Å²) in [5, 5.41) is 36.0. The Labute approximate surface area is 175 Å². The molecule has 5 atom stereocenters. The van der Waals surface area contributed by atoms with Crippen molar-refractivity contribution in [1.29, 1.82) is 0 Å². The summed E-state index contributed by atoms with van der Waals surface area (Å²) in [4.78, 5) is 5.62. The third kappa shape index (κ3) is 3.89. The highest BCUT2D eigenvalue weighted by Gasteiger charge is 2.42. The average Bonchev–Trinajstić information content (AvgIpc) is 3.36. The molecule has 3 aromatic rings. The highest BCUT2D eigenvalue weighted by Crippen LogP contribution is 2.35. The van der Waals surface area contributed by atoms with Crippen molar-refractivity contribution in [3.05, 3.63) is 62.4 Å². The van der Waals surface area contributed by atoms with Crippen molar-refractivity contribution in [3.8, 4) is 10.4 Å². The summed E-state index contributed by atoms with van der Waals surface area (Å²) in [6.07, 6.45) is -2.50. The van der Waals surface area contributed by atoms with Gasteiger partial charge in [-0.3, -0.25) is 0 Å². The zero-order valence-electron chi connectivity index (χ0n) is 15.0. The van der Waals surface area contributed by atoms with Gasteiger partial charge in [0, 0.05) is 23.2 Å². The van der Waals surface area contributed by atoms with Gasteiger partial charge >= 0.3 is 0 Å². The molecular formula is C20H20ClNO4S2. The van der Waals surface area contributed by atoms with Crippen molar-refractivity contribution in [2.75, 3.05) is 0 Å². The van der Waals surface area contributed by atoms with E-state index in [4.69, 9.17) is 16.3 Å². The van der Waals surface area contributed by atoms with Crippen LogP contribution >= 0.6 is 34.3 Å². The number of aromatic nitrogens is 1. The van der Waals surface area contributed by atoms with E-state index < -0.39 is 30.5 Å². The summed E-state index contributed by atoms with van der Waals surface area (Å²) in [5.74, 6) is 0. The molecule has 0 aliphatic carbocycles. The summed E-state index contributed by atoms with van der Waals surface area (Å²) < 4.78 is 5.75. The molecule has 1 aliphatic rings. The summed E-state index contributed by atoms with van der Waals surface area (Å²) in [5.41, 5.74) is 2.74. The van der Waals surface area contributed by atoms with E-state index in [1.807, 2.05) is 17.6 Å². The second-order valence-corrected chi connectivity index (χ2v) is 9.19. The molecule has 0 amide bonds. The van der Waals surface area contributed by atoms with Crippen molar-refractivity contribution in [1.82, 2.24) is 4.98 Å². The van der Waals surface area contributed by atoms with Gasteiger partial charge in [0.1, 0.15) is 24.4 Å². The lowest BCUT2D eigenvalue weighted by Gasteiger charge is -2.39. The van der Waals surface area contributed by atoms with Gasteiger partial charge in [0.05, 0.1) is 16.0 Å². The van der Waals surface area contributed by atoms with Gasteiger partial charge in [-0.15, -0.1) is 11.3 Å². The van der Waals surface area contributed by atoms with Gasteiger partial charge < -0.3 is 20.1 Å². The first-order valence-corrected chi connectivity index (χ1v) is 11.0. The Hall–Kier alpha value is -1.32. The number of nitrogens with zero attached hydrogens (tertiary/aromatic N) is 1. The summed E-state index contributed by atoms with van der Waals surface area (Å²) >= 11 is 9.66. The maximum absolute atomic E-state index is 10.4. The molecule has 1 aliphatic heterocycles. The first-order valence-electron chi connectivity index (χ1n) is 8.89. The molecule has 5 nitrogen and oxygen atoms in total. The SMILES string of the molecule is C[C@H]1O[C@@H](c2ccc(Cl)c(Cc3ncc(-c4ccsc4)s3)c2)[C@H](O)[C@H](O)[C@@H]1O. The van der Waals surface area contributed by atoms with Gasteiger partial charge in [-0.1, -0.05) is 23.7 Å². The smallest absolute Gasteiger partial charge is 0.113 e. The minimum Gasteiger partial charge on any atom is -0.388 e. The molecule has 0 bridgehead atoms. The van der Waals surface area contributed by atoms with E-state index in [0.717, 1.165) is 21.0 Å². The second kappa shape index (κ2) is 8.20. The minimum absolute atomic E-state index is 0.561. The first kappa shape index (κ1) is 20.0. The zero-order valence-corrected chi connectivity index (χ0v) is 17.4. The largest absolute Gasteiger partial charge is 0.388 e. The number of rotatable bonds is 4. The van der Waals surface area contributed by atoms with Crippen LogP contribution in [0.4, 0.5) is 0 Å². The lowest BCUT2D eigenvalue weighted by Crippen LogP contribution is -2.53. The number of thiophene rings is 1. The van der Waals surface area contributed by atoms with Crippen molar-refractivity contribution in [2.24, 2.45) is 0 Å². The van der Waals surface area contributed by atoms with Gasteiger partial charge in [0.25, 0.3) is 0 Å². The Balaban J connectivity index is 1.58. The van der Waals surface area contributed by atoms with Crippen molar-refractivity contribution in [2.45, 2.75) is 43.9 Å². The van der Waals surface area contributed by atoms with E-state index in [1.54, 1.807) is 41.7 Å². The Kier molecular flexibility index (Phi) is 5.85. The maximum Gasteiger partial charge on any atom is 0.113 e. The lowest BCUT2D eigenvalue weighted by molar-refractivity contribution is -0.219. The van der Waals surface area contributed by atoms with E-state index in [9.17, 15) is 15.3 Å². The fourth-order valence-electron chi connectivity index (χ4n) is 3.33. The molecule has 2 aromatic heterocycles. The zero-order chi connectivity index (χ0) is 19.8. The number of hydrogen-bond donors (Lipinski definition) is 3. The molecule has 1 aromatic carbocycles. The van der Waals surface area contributed by atoms with Crippen LogP contribution in [0.5, 0.6) is 0 Å². The van der Waals surface area contributed by atoms with Crippen molar-refractivity contribution in [3.63, 3.8) is 0 Å². The van der Waals surface area contributed by atoms with Crippen LogP contribution in [0.3, 0.4) is 0 Å². The van der Waals surface area contributed by atoms with Gasteiger partial charge in [0.2, 0.25) is 0 Å². The van der Waals surface area contributed by atoms with Crippen LogP contribution in [0.15, 0.2) is 41.2 Å². The van der Waals surface area contributed by atoms with Gasteiger partial charge in [-0.05, 0) is 40.9 Å². The maximum atomic E-state index is 10.4. The van der Waals surface area contributed by atoms with Gasteiger partial charge in [0.15, 0.2) is 0 Å². The van der Waals surface area contributed by atoms with Crippen LogP contribution in [-0.2, 0) is 11.2 Å².